The molecule has 0 aliphatic carbocycles. The fourth-order valence-corrected chi connectivity index (χ4v) is 2.26. The van der Waals surface area contributed by atoms with E-state index in [1.54, 1.807) is 23.6 Å². The van der Waals surface area contributed by atoms with Crippen LogP contribution in [0.4, 0.5) is 0 Å². The number of pyridine rings is 1. The average molecular weight is 228 g/mol. The maximum atomic E-state index is 11.8. The van der Waals surface area contributed by atoms with Crippen molar-refractivity contribution in [3.8, 4) is 11.3 Å². The van der Waals surface area contributed by atoms with E-state index in [0.717, 1.165) is 11.3 Å². The summed E-state index contributed by atoms with van der Waals surface area (Å²) < 4.78 is 1.54. The first-order chi connectivity index (χ1) is 7.84. The Morgan fingerprint density at radius 2 is 2.19 bits per heavy atom. The summed E-state index contributed by atoms with van der Waals surface area (Å²) in [6, 6.07) is 9.05. The monoisotopic (exact) mass is 228 g/mol. The zero-order valence-corrected chi connectivity index (χ0v) is 9.15. The minimum atomic E-state index is -0.0493. The summed E-state index contributed by atoms with van der Waals surface area (Å²) in [5.74, 6) is 0. The Kier molecular flexibility index (Phi) is 2.08. The largest absolute Gasteiger partial charge is 0.269 e. The van der Waals surface area contributed by atoms with Crippen LogP contribution in [-0.4, -0.2) is 9.38 Å². The molecule has 0 saturated carbocycles. The summed E-state index contributed by atoms with van der Waals surface area (Å²) in [5, 5.41) is 3.96. The molecule has 3 aromatic rings. The molecule has 0 aromatic carbocycles. The van der Waals surface area contributed by atoms with E-state index in [2.05, 4.69) is 4.98 Å². The molecule has 0 radical (unpaired) electrons. The molecular weight excluding hydrogens is 220 g/mol. The first-order valence-corrected chi connectivity index (χ1v) is 5.80. The minimum Gasteiger partial charge on any atom is -0.269 e. The molecule has 4 heteroatoms. The zero-order valence-electron chi connectivity index (χ0n) is 8.33. The van der Waals surface area contributed by atoms with Crippen molar-refractivity contribution in [1.82, 2.24) is 9.38 Å². The number of aromatic nitrogens is 2. The van der Waals surface area contributed by atoms with E-state index in [-0.39, 0.29) is 5.56 Å². The quantitative estimate of drug-likeness (QED) is 0.641. The van der Waals surface area contributed by atoms with Crippen molar-refractivity contribution in [2.45, 2.75) is 0 Å². The summed E-state index contributed by atoms with van der Waals surface area (Å²) in [5.41, 5.74) is 2.36. The molecule has 0 atom stereocenters. The highest BCUT2D eigenvalue weighted by atomic mass is 32.1. The maximum absolute atomic E-state index is 11.8. The molecular formula is C12H8N2OS. The molecule has 78 valence electrons. The van der Waals surface area contributed by atoms with Crippen molar-refractivity contribution in [3.05, 3.63) is 57.6 Å². The van der Waals surface area contributed by atoms with E-state index in [4.69, 9.17) is 0 Å². The topological polar surface area (TPSA) is 34.4 Å². The van der Waals surface area contributed by atoms with Crippen molar-refractivity contribution in [3.63, 3.8) is 0 Å². The molecule has 3 rings (SSSR count). The van der Waals surface area contributed by atoms with Crippen molar-refractivity contribution >= 4 is 17.0 Å². The third kappa shape index (κ3) is 1.44. The number of thiophene rings is 1. The SMILES string of the molecule is O=c1cc(-c2ccsc2)nc2ccccn12. The van der Waals surface area contributed by atoms with Crippen LogP contribution in [0.3, 0.4) is 0 Å². The third-order valence-corrected chi connectivity index (χ3v) is 3.07. The molecule has 0 spiro atoms. The average Bonchev–Trinajstić information content (AvgIpc) is 2.82. The molecule has 3 aromatic heterocycles. The summed E-state index contributed by atoms with van der Waals surface area (Å²) in [7, 11) is 0. The molecule has 3 heterocycles. The van der Waals surface area contributed by atoms with E-state index >= 15 is 0 Å². The van der Waals surface area contributed by atoms with Crippen molar-refractivity contribution in [2.24, 2.45) is 0 Å². The molecule has 16 heavy (non-hydrogen) atoms. The first-order valence-electron chi connectivity index (χ1n) is 4.85. The molecule has 0 aliphatic heterocycles. The van der Waals surface area contributed by atoms with Gasteiger partial charge in [-0.05, 0) is 23.6 Å². The Hall–Kier alpha value is -1.94. The van der Waals surface area contributed by atoms with Crippen LogP contribution < -0.4 is 5.56 Å². The van der Waals surface area contributed by atoms with Crippen molar-refractivity contribution in [2.75, 3.05) is 0 Å². The predicted molar refractivity (Wildman–Crippen MR) is 64.8 cm³/mol. The fraction of sp³-hybridized carbons (Fsp3) is 0. The second-order valence-electron chi connectivity index (χ2n) is 3.42. The molecule has 0 aliphatic rings. The Morgan fingerprint density at radius 3 is 3.00 bits per heavy atom. The summed E-state index contributed by atoms with van der Waals surface area (Å²) in [4.78, 5) is 16.3. The number of hydrogen-bond acceptors (Lipinski definition) is 3. The second kappa shape index (κ2) is 3.57. The van der Waals surface area contributed by atoms with Gasteiger partial charge >= 0.3 is 0 Å². The van der Waals surface area contributed by atoms with Gasteiger partial charge in [0.1, 0.15) is 5.65 Å². The lowest BCUT2D eigenvalue weighted by molar-refractivity contribution is 1.05. The molecule has 0 amide bonds. The Morgan fingerprint density at radius 1 is 1.25 bits per heavy atom. The van der Waals surface area contributed by atoms with Crippen molar-refractivity contribution < 1.29 is 0 Å². The third-order valence-electron chi connectivity index (χ3n) is 2.39. The molecule has 0 bridgehead atoms. The first kappa shape index (κ1) is 9.30. The van der Waals surface area contributed by atoms with Gasteiger partial charge in [0.15, 0.2) is 0 Å². The van der Waals surface area contributed by atoms with Gasteiger partial charge in [-0.3, -0.25) is 9.20 Å². The van der Waals surface area contributed by atoms with E-state index in [0.29, 0.717) is 5.65 Å². The lowest BCUT2D eigenvalue weighted by Crippen LogP contribution is -2.13. The van der Waals surface area contributed by atoms with Gasteiger partial charge < -0.3 is 0 Å². The van der Waals surface area contributed by atoms with Crippen LogP contribution >= 0.6 is 11.3 Å². The van der Waals surface area contributed by atoms with Crippen LogP contribution in [-0.2, 0) is 0 Å². The summed E-state index contributed by atoms with van der Waals surface area (Å²) in [6.45, 7) is 0. The highest BCUT2D eigenvalue weighted by molar-refractivity contribution is 7.08. The standard InChI is InChI=1S/C12H8N2OS/c15-12-7-10(9-4-6-16-8-9)13-11-3-1-2-5-14(11)12/h1-8H. The molecule has 0 unspecified atom stereocenters. The van der Waals surface area contributed by atoms with E-state index in [9.17, 15) is 4.79 Å². The lowest BCUT2D eigenvalue weighted by atomic mass is 10.2. The van der Waals surface area contributed by atoms with Gasteiger partial charge in [0, 0.05) is 23.2 Å². The van der Waals surface area contributed by atoms with E-state index in [1.807, 2.05) is 35.0 Å². The zero-order chi connectivity index (χ0) is 11.0. The van der Waals surface area contributed by atoms with Crippen LogP contribution in [0.1, 0.15) is 0 Å². The van der Waals surface area contributed by atoms with Crippen LogP contribution in [0, 0.1) is 0 Å². The fourth-order valence-electron chi connectivity index (χ4n) is 1.61. The van der Waals surface area contributed by atoms with Crippen LogP contribution in [0.15, 0.2) is 52.1 Å². The van der Waals surface area contributed by atoms with Crippen LogP contribution in [0.2, 0.25) is 0 Å². The van der Waals surface area contributed by atoms with E-state index < -0.39 is 0 Å². The Bertz CT molecular complexity index is 686. The van der Waals surface area contributed by atoms with Crippen LogP contribution in [0.25, 0.3) is 16.9 Å². The Balaban J connectivity index is 2.34. The van der Waals surface area contributed by atoms with Gasteiger partial charge in [0.05, 0.1) is 5.69 Å². The normalized spacial score (nSPS) is 10.8. The summed E-state index contributed by atoms with van der Waals surface area (Å²) in [6.07, 6.45) is 1.72. The van der Waals surface area contributed by atoms with Gasteiger partial charge in [-0.15, -0.1) is 0 Å². The Labute approximate surface area is 95.6 Å². The number of hydrogen-bond donors (Lipinski definition) is 0. The maximum Gasteiger partial charge on any atom is 0.258 e. The molecule has 0 N–H and O–H groups in total. The minimum absolute atomic E-state index is 0.0493. The summed E-state index contributed by atoms with van der Waals surface area (Å²) >= 11 is 1.60. The van der Waals surface area contributed by atoms with Gasteiger partial charge in [0.2, 0.25) is 0 Å². The number of fused-ring (bicyclic) bond motifs is 1. The number of nitrogens with zero attached hydrogens (tertiary/aromatic N) is 2. The molecule has 0 fully saturated rings. The highest BCUT2D eigenvalue weighted by Crippen LogP contribution is 2.18. The van der Waals surface area contributed by atoms with E-state index in [1.165, 1.54) is 4.40 Å². The molecule has 3 nitrogen and oxygen atoms in total. The van der Waals surface area contributed by atoms with Crippen LogP contribution in [0.5, 0.6) is 0 Å². The van der Waals surface area contributed by atoms with Crippen molar-refractivity contribution in [1.29, 1.82) is 0 Å². The van der Waals surface area contributed by atoms with Gasteiger partial charge in [-0.25, -0.2) is 4.98 Å². The number of rotatable bonds is 1. The van der Waals surface area contributed by atoms with Gasteiger partial charge in [0.25, 0.3) is 5.56 Å². The second-order valence-corrected chi connectivity index (χ2v) is 4.20. The highest BCUT2D eigenvalue weighted by Gasteiger charge is 2.03. The van der Waals surface area contributed by atoms with Gasteiger partial charge in [-0.1, -0.05) is 6.07 Å². The smallest absolute Gasteiger partial charge is 0.258 e. The molecule has 0 saturated heterocycles. The van der Waals surface area contributed by atoms with Gasteiger partial charge in [-0.2, -0.15) is 11.3 Å². The predicted octanol–water partition coefficient (Wildman–Crippen LogP) is 2.42. The lowest BCUT2D eigenvalue weighted by Gasteiger charge is -2.01.